The fourth-order valence-corrected chi connectivity index (χ4v) is 3.30. The van der Waals surface area contributed by atoms with Gasteiger partial charge in [-0.05, 0) is 5.56 Å². The topological polar surface area (TPSA) is 101 Å². The summed E-state index contributed by atoms with van der Waals surface area (Å²) in [5.74, 6) is -0.0292. The van der Waals surface area contributed by atoms with Gasteiger partial charge in [0.1, 0.15) is 0 Å². The van der Waals surface area contributed by atoms with Gasteiger partial charge in [0.15, 0.2) is 0 Å². The van der Waals surface area contributed by atoms with E-state index >= 15 is 0 Å². The molecule has 9 heteroatoms. The van der Waals surface area contributed by atoms with Crippen LogP contribution in [0.5, 0.6) is 0 Å². The molecule has 0 spiro atoms. The number of aromatic nitrogens is 3. The van der Waals surface area contributed by atoms with E-state index in [1.807, 2.05) is 11.0 Å². The molecule has 1 saturated heterocycles. The minimum absolute atomic E-state index is 0.100. The van der Waals surface area contributed by atoms with Gasteiger partial charge in [-0.15, -0.1) is 5.10 Å². The highest BCUT2D eigenvalue weighted by molar-refractivity contribution is 7.90. The second-order valence-corrected chi connectivity index (χ2v) is 6.98. The molecule has 3 rings (SSSR count). The van der Waals surface area contributed by atoms with Crippen molar-refractivity contribution < 1.29 is 13.2 Å². The maximum absolute atomic E-state index is 12.3. The van der Waals surface area contributed by atoms with E-state index < -0.39 is 9.84 Å². The standard InChI is InChI=1S/C14H17N5O3S/c20-23(21,10-12-4-2-1-3-5-12)14-16-13(17-18-14)15-11-19-6-8-22-9-7-19/h1-5,11H,6-10H2,(H,16,17,18)/b15-11+. The Bertz CT molecular complexity index is 767. The molecule has 1 aliphatic rings. The molecule has 122 valence electrons. The van der Waals surface area contributed by atoms with Crippen molar-refractivity contribution >= 4 is 22.1 Å². The maximum Gasteiger partial charge on any atom is 0.270 e. The van der Waals surface area contributed by atoms with Crippen molar-refractivity contribution in [3.63, 3.8) is 0 Å². The summed E-state index contributed by atoms with van der Waals surface area (Å²) in [4.78, 5) is 10.0. The minimum atomic E-state index is -3.57. The average Bonchev–Trinajstić information content (AvgIpc) is 3.04. The zero-order valence-electron chi connectivity index (χ0n) is 12.4. The third-order valence-corrected chi connectivity index (χ3v) is 4.81. The Labute approximate surface area is 134 Å². The largest absolute Gasteiger partial charge is 0.378 e. The van der Waals surface area contributed by atoms with Crippen LogP contribution in [0, 0.1) is 0 Å². The average molecular weight is 335 g/mol. The van der Waals surface area contributed by atoms with Gasteiger partial charge in [0.05, 0.1) is 25.3 Å². The number of ether oxygens (including phenoxy) is 1. The Morgan fingerprint density at radius 1 is 1.26 bits per heavy atom. The van der Waals surface area contributed by atoms with Crippen LogP contribution in [0.4, 0.5) is 5.95 Å². The van der Waals surface area contributed by atoms with Crippen LogP contribution in [-0.4, -0.2) is 61.1 Å². The lowest BCUT2D eigenvalue weighted by atomic mass is 10.2. The zero-order valence-corrected chi connectivity index (χ0v) is 13.2. The van der Waals surface area contributed by atoms with Crippen molar-refractivity contribution in [3.8, 4) is 0 Å². The lowest BCUT2D eigenvalue weighted by molar-refractivity contribution is 0.0701. The Kier molecular flexibility index (Phi) is 4.68. The number of nitrogens with zero attached hydrogens (tertiary/aromatic N) is 4. The Hall–Kier alpha value is -2.26. The van der Waals surface area contributed by atoms with Crippen LogP contribution < -0.4 is 0 Å². The van der Waals surface area contributed by atoms with Crippen LogP contribution in [0.2, 0.25) is 0 Å². The fourth-order valence-electron chi connectivity index (χ4n) is 2.12. The summed E-state index contributed by atoms with van der Waals surface area (Å²) in [5, 5.41) is 6.11. The Balaban J connectivity index is 1.69. The van der Waals surface area contributed by atoms with Crippen molar-refractivity contribution in [2.24, 2.45) is 4.99 Å². The molecule has 2 heterocycles. The first-order valence-electron chi connectivity index (χ1n) is 7.18. The summed E-state index contributed by atoms with van der Waals surface area (Å²) in [6, 6.07) is 8.94. The fraction of sp³-hybridized carbons (Fsp3) is 0.357. The molecule has 0 saturated carbocycles. The molecule has 0 radical (unpaired) electrons. The number of rotatable bonds is 5. The quantitative estimate of drug-likeness (QED) is 0.640. The molecule has 23 heavy (non-hydrogen) atoms. The molecule has 0 bridgehead atoms. The van der Waals surface area contributed by atoms with E-state index in [2.05, 4.69) is 20.2 Å². The van der Waals surface area contributed by atoms with Crippen molar-refractivity contribution in [2.75, 3.05) is 26.3 Å². The monoisotopic (exact) mass is 335 g/mol. The van der Waals surface area contributed by atoms with E-state index in [1.54, 1.807) is 30.6 Å². The second kappa shape index (κ2) is 6.88. The van der Waals surface area contributed by atoms with Crippen LogP contribution in [0.25, 0.3) is 0 Å². The van der Waals surface area contributed by atoms with E-state index in [0.717, 1.165) is 13.1 Å². The normalized spacial score (nSPS) is 16.1. The predicted octanol–water partition coefficient (Wildman–Crippen LogP) is 0.771. The van der Waals surface area contributed by atoms with Crippen LogP contribution in [-0.2, 0) is 20.3 Å². The van der Waals surface area contributed by atoms with Crippen molar-refractivity contribution in [2.45, 2.75) is 10.9 Å². The van der Waals surface area contributed by atoms with Gasteiger partial charge in [-0.25, -0.2) is 18.5 Å². The van der Waals surface area contributed by atoms with Gasteiger partial charge < -0.3 is 9.64 Å². The van der Waals surface area contributed by atoms with E-state index in [9.17, 15) is 8.42 Å². The molecule has 2 aromatic rings. The van der Waals surface area contributed by atoms with Crippen molar-refractivity contribution in [1.29, 1.82) is 0 Å². The van der Waals surface area contributed by atoms with Gasteiger partial charge in [-0.1, -0.05) is 30.3 Å². The van der Waals surface area contributed by atoms with Gasteiger partial charge in [-0.2, -0.15) is 4.98 Å². The Morgan fingerprint density at radius 2 is 2.00 bits per heavy atom. The summed E-state index contributed by atoms with van der Waals surface area (Å²) < 4.78 is 29.9. The first kappa shape index (κ1) is 15.6. The first-order chi connectivity index (χ1) is 11.1. The summed E-state index contributed by atoms with van der Waals surface area (Å²) in [6.07, 6.45) is 1.61. The first-order valence-corrected chi connectivity index (χ1v) is 8.84. The number of sulfone groups is 1. The summed E-state index contributed by atoms with van der Waals surface area (Å²) in [6.45, 7) is 2.79. The molecule has 8 nitrogen and oxygen atoms in total. The smallest absolute Gasteiger partial charge is 0.270 e. The van der Waals surface area contributed by atoms with Crippen LogP contribution in [0.1, 0.15) is 5.56 Å². The molecule has 1 N–H and O–H groups in total. The summed E-state index contributed by atoms with van der Waals surface area (Å²) in [5.41, 5.74) is 0.697. The zero-order chi connectivity index (χ0) is 16.1. The number of hydrogen-bond acceptors (Lipinski definition) is 6. The van der Waals surface area contributed by atoms with E-state index in [1.165, 1.54) is 0 Å². The molecule has 1 aliphatic heterocycles. The number of H-pyrrole nitrogens is 1. The number of hydrogen-bond donors (Lipinski definition) is 1. The molecule has 0 atom stereocenters. The highest BCUT2D eigenvalue weighted by Gasteiger charge is 2.20. The van der Waals surface area contributed by atoms with Gasteiger partial charge in [-0.3, -0.25) is 0 Å². The number of aliphatic imine (C=N–C) groups is 1. The van der Waals surface area contributed by atoms with Gasteiger partial charge >= 0.3 is 0 Å². The van der Waals surface area contributed by atoms with Gasteiger partial charge in [0.25, 0.3) is 5.95 Å². The number of morpholine rings is 1. The maximum atomic E-state index is 12.3. The number of nitrogens with one attached hydrogen (secondary N) is 1. The lowest BCUT2D eigenvalue weighted by Crippen LogP contribution is -2.35. The van der Waals surface area contributed by atoms with Crippen molar-refractivity contribution in [3.05, 3.63) is 35.9 Å². The van der Waals surface area contributed by atoms with E-state index in [-0.39, 0.29) is 16.9 Å². The lowest BCUT2D eigenvalue weighted by Gasteiger charge is -2.23. The van der Waals surface area contributed by atoms with Gasteiger partial charge in [0, 0.05) is 13.1 Å². The predicted molar refractivity (Wildman–Crippen MR) is 84.3 cm³/mol. The molecular formula is C14H17N5O3S. The highest BCUT2D eigenvalue weighted by atomic mass is 32.2. The summed E-state index contributed by atoms with van der Waals surface area (Å²) >= 11 is 0. The molecular weight excluding hydrogens is 318 g/mol. The molecule has 1 aromatic carbocycles. The van der Waals surface area contributed by atoms with Gasteiger partial charge in [0.2, 0.25) is 15.0 Å². The Morgan fingerprint density at radius 3 is 2.74 bits per heavy atom. The molecule has 1 fully saturated rings. The van der Waals surface area contributed by atoms with E-state index in [4.69, 9.17) is 4.74 Å². The number of aromatic amines is 1. The van der Waals surface area contributed by atoms with Crippen LogP contribution >= 0.6 is 0 Å². The molecule has 1 aromatic heterocycles. The highest BCUT2D eigenvalue weighted by Crippen LogP contribution is 2.14. The van der Waals surface area contributed by atoms with Crippen LogP contribution in [0.15, 0.2) is 40.5 Å². The summed E-state index contributed by atoms with van der Waals surface area (Å²) in [7, 11) is -3.57. The molecule has 0 amide bonds. The minimum Gasteiger partial charge on any atom is -0.378 e. The number of benzene rings is 1. The van der Waals surface area contributed by atoms with Crippen LogP contribution in [0.3, 0.4) is 0 Å². The third kappa shape index (κ3) is 4.14. The van der Waals surface area contributed by atoms with Crippen molar-refractivity contribution in [1.82, 2.24) is 20.1 Å². The molecule has 0 unspecified atom stereocenters. The third-order valence-electron chi connectivity index (χ3n) is 3.33. The SMILES string of the molecule is O=S(=O)(Cc1ccccc1)c1nc(/N=C/N2CCOCC2)n[nH]1. The molecule has 0 aliphatic carbocycles. The second-order valence-electron chi connectivity index (χ2n) is 5.08. The van der Waals surface area contributed by atoms with E-state index in [0.29, 0.717) is 18.8 Å².